The van der Waals surface area contributed by atoms with Gasteiger partial charge in [-0.25, -0.2) is 8.78 Å². The van der Waals surface area contributed by atoms with Crippen molar-refractivity contribution in [3.63, 3.8) is 0 Å². The van der Waals surface area contributed by atoms with Crippen LogP contribution < -0.4 is 0 Å². The Labute approximate surface area is 128 Å². The summed E-state index contributed by atoms with van der Waals surface area (Å²) in [5.41, 5.74) is 0.220. The van der Waals surface area contributed by atoms with Gasteiger partial charge in [-0.3, -0.25) is 4.79 Å². The number of carbonyl (C=O) groups is 1. The summed E-state index contributed by atoms with van der Waals surface area (Å²) >= 11 is 5.73. The van der Waals surface area contributed by atoms with E-state index in [1.54, 1.807) is 4.90 Å². The number of alkyl halides is 1. The highest BCUT2D eigenvalue weighted by molar-refractivity contribution is 6.18. The maximum absolute atomic E-state index is 13.8. The van der Waals surface area contributed by atoms with Crippen molar-refractivity contribution in [1.82, 2.24) is 9.80 Å². The molecule has 0 spiro atoms. The lowest BCUT2D eigenvalue weighted by Gasteiger charge is -2.22. The average Bonchev–Trinajstić information content (AvgIpc) is 2.68. The average molecular weight is 317 g/mol. The molecule has 1 fully saturated rings. The molecular weight excluding hydrogens is 298 g/mol. The number of benzene rings is 1. The van der Waals surface area contributed by atoms with Crippen molar-refractivity contribution in [1.29, 1.82) is 0 Å². The molecule has 1 saturated heterocycles. The van der Waals surface area contributed by atoms with Crippen molar-refractivity contribution in [3.8, 4) is 0 Å². The zero-order valence-corrected chi connectivity index (χ0v) is 12.8. The maximum atomic E-state index is 13.8. The van der Waals surface area contributed by atoms with Crippen LogP contribution in [0.5, 0.6) is 0 Å². The highest BCUT2D eigenvalue weighted by atomic mass is 35.5. The van der Waals surface area contributed by atoms with Crippen molar-refractivity contribution in [2.24, 2.45) is 0 Å². The predicted molar refractivity (Wildman–Crippen MR) is 78.8 cm³/mol. The molecular formula is C15H19ClF2N2O. The Hall–Kier alpha value is -1.20. The zero-order chi connectivity index (χ0) is 15.4. The molecule has 0 saturated carbocycles. The zero-order valence-electron chi connectivity index (χ0n) is 12.0. The Morgan fingerprint density at radius 3 is 2.67 bits per heavy atom. The number of hydrogen-bond acceptors (Lipinski definition) is 2. The fraction of sp³-hybridized carbons (Fsp3) is 0.533. The lowest BCUT2D eigenvalue weighted by atomic mass is 10.1. The molecule has 116 valence electrons. The lowest BCUT2D eigenvalue weighted by molar-refractivity contribution is 0.0757. The summed E-state index contributed by atoms with van der Waals surface area (Å²) in [4.78, 5) is 16.2. The van der Waals surface area contributed by atoms with Gasteiger partial charge in [-0.1, -0.05) is 0 Å². The third-order valence-corrected chi connectivity index (χ3v) is 3.92. The van der Waals surface area contributed by atoms with Crippen LogP contribution in [0.4, 0.5) is 8.78 Å². The number of aryl methyl sites for hydroxylation is 1. The SMILES string of the molecule is Cc1cc(C(=O)N2CCCN(CCCl)CC2)c(F)cc1F. The summed E-state index contributed by atoms with van der Waals surface area (Å²) < 4.78 is 27.1. The topological polar surface area (TPSA) is 23.6 Å². The summed E-state index contributed by atoms with van der Waals surface area (Å²) in [7, 11) is 0. The quantitative estimate of drug-likeness (QED) is 0.800. The third kappa shape index (κ3) is 3.92. The predicted octanol–water partition coefficient (Wildman–Crippen LogP) is 2.66. The van der Waals surface area contributed by atoms with E-state index in [2.05, 4.69) is 4.90 Å². The van der Waals surface area contributed by atoms with E-state index in [0.717, 1.165) is 32.1 Å². The van der Waals surface area contributed by atoms with Crippen LogP contribution in [-0.4, -0.2) is 54.3 Å². The van der Waals surface area contributed by atoms with Crippen LogP contribution in [0, 0.1) is 18.6 Å². The second-order valence-corrected chi connectivity index (χ2v) is 5.64. The van der Waals surface area contributed by atoms with E-state index in [9.17, 15) is 13.6 Å². The number of halogens is 3. The second kappa shape index (κ2) is 7.18. The highest BCUT2D eigenvalue weighted by Crippen LogP contribution is 2.17. The van der Waals surface area contributed by atoms with E-state index >= 15 is 0 Å². The van der Waals surface area contributed by atoms with Gasteiger partial charge in [-0.15, -0.1) is 11.6 Å². The van der Waals surface area contributed by atoms with Gasteiger partial charge in [0.05, 0.1) is 5.56 Å². The molecule has 21 heavy (non-hydrogen) atoms. The molecule has 1 amide bonds. The molecule has 3 nitrogen and oxygen atoms in total. The molecule has 1 aromatic carbocycles. The van der Waals surface area contributed by atoms with Crippen molar-refractivity contribution in [2.45, 2.75) is 13.3 Å². The van der Waals surface area contributed by atoms with Gasteiger partial charge >= 0.3 is 0 Å². The Morgan fingerprint density at radius 2 is 1.95 bits per heavy atom. The molecule has 0 aliphatic carbocycles. The van der Waals surface area contributed by atoms with Crippen LogP contribution in [0.1, 0.15) is 22.3 Å². The smallest absolute Gasteiger partial charge is 0.256 e. The van der Waals surface area contributed by atoms with Gasteiger partial charge in [0, 0.05) is 38.1 Å². The Bertz CT molecular complexity index is 525. The largest absolute Gasteiger partial charge is 0.337 e. The van der Waals surface area contributed by atoms with Gasteiger partial charge in [-0.05, 0) is 31.5 Å². The molecule has 1 aliphatic rings. The van der Waals surface area contributed by atoms with Crippen LogP contribution in [0.2, 0.25) is 0 Å². The first-order valence-electron chi connectivity index (χ1n) is 7.06. The van der Waals surface area contributed by atoms with E-state index in [1.165, 1.54) is 13.0 Å². The van der Waals surface area contributed by atoms with Gasteiger partial charge in [-0.2, -0.15) is 0 Å². The number of carbonyl (C=O) groups excluding carboxylic acids is 1. The minimum atomic E-state index is -0.801. The van der Waals surface area contributed by atoms with Crippen LogP contribution in [0.25, 0.3) is 0 Å². The molecule has 0 bridgehead atoms. The highest BCUT2D eigenvalue weighted by Gasteiger charge is 2.23. The molecule has 0 radical (unpaired) electrons. The fourth-order valence-electron chi connectivity index (χ4n) is 2.51. The van der Waals surface area contributed by atoms with Crippen LogP contribution >= 0.6 is 11.6 Å². The molecule has 1 aliphatic heterocycles. The molecule has 2 rings (SSSR count). The fourth-order valence-corrected chi connectivity index (χ4v) is 2.75. The molecule has 0 atom stereocenters. The minimum Gasteiger partial charge on any atom is -0.337 e. The van der Waals surface area contributed by atoms with Crippen molar-refractivity contribution in [2.75, 3.05) is 38.6 Å². The first kappa shape index (κ1) is 16.2. The van der Waals surface area contributed by atoms with E-state index in [4.69, 9.17) is 11.6 Å². The summed E-state index contributed by atoms with van der Waals surface area (Å²) in [5, 5.41) is 0. The van der Waals surface area contributed by atoms with Crippen molar-refractivity contribution >= 4 is 17.5 Å². The van der Waals surface area contributed by atoms with E-state index in [-0.39, 0.29) is 17.0 Å². The minimum absolute atomic E-state index is 0.0558. The Kier molecular flexibility index (Phi) is 5.53. The monoisotopic (exact) mass is 316 g/mol. The molecule has 6 heteroatoms. The number of rotatable bonds is 3. The van der Waals surface area contributed by atoms with Crippen LogP contribution in [0.15, 0.2) is 12.1 Å². The van der Waals surface area contributed by atoms with Gasteiger partial charge in [0.25, 0.3) is 5.91 Å². The van der Waals surface area contributed by atoms with Gasteiger partial charge in [0.15, 0.2) is 0 Å². The first-order chi connectivity index (χ1) is 10.0. The molecule has 0 unspecified atom stereocenters. The number of amides is 1. The van der Waals surface area contributed by atoms with Crippen molar-refractivity contribution in [3.05, 3.63) is 34.9 Å². The Balaban J connectivity index is 2.11. The van der Waals surface area contributed by atoms with Crippen LogP contribution in [-0.2, 0) is 0 Å². The van der Waals surface area contributed by atoms with E-state index in [0.29, 0.717) is 19.0 Å². The maximum Gasteiger partial charge on any atom is 0.256 e. The molecule has 1 aromatic rings. The standard InChI is InChI=1S/C15H19ClF2N2O/c1-11-9-12(14(18)10-13(11)17)15(21)20-5-2-4-19(6-3-16)7-8-20/h9-10H,2-8H2,1H3. The number of hydrogen-bond donors (Lipinski definition) is 0. The summed E-state index contributed by atoms with van der Waals surface area (Å²) in [6, 6.07) is 2.06. The second-order valence-electron chi connectivity index (χ2n) is 5.26. The molecule has 1 heterocycles. The van der Waals surface area contributed by atoms with E-state index in [1.807, 2.05) is 0 Å². The van der Waals surface area contributed by atoms with Gasteiger partial charge in [0.1, 0.15) is 11.6 Å². The van der Waals surface area contributed by atoms with E-state index < -0.39 is 11.6 Å². The summed E-state index contributed by atoms with van der Waals surface area (Å²) in [6.07, 6.45) is 0.824. The Morgan fingerprint density at radius 1 is 1.19 bits per heavy atom. The van der Waals surface area contributed by atoms with Crippen molar-refractivity contribution < 1.29 is 13.6 Å². The summed E-state index contributed by atoms with van der Waals surface area (Å²) in [5.74, 6) is -1.25. The summed E-state index contributed by atoms with van der Waals surface area (Å²) in [6.45, 7) is 5.02. The lowest BCUT2D eigenvalue weighted by Crippen LogP contribution is -2.36. The first-order valence-corrected chi connectivity index (χ1v) is 7.59. The number of nitrogens with zero attached hydrogens (tertiary/aromatic N) is 2. The normalized spacial score (nSPS) is 16.9. The van der Waals surface area contributed by atoms with Gasteiger partial charge in [0.2, 0.25) is 0 Å². The molecule has 0 N–H and O–H groups in total. The third-order valence-electron chi connectivity index (χ3n) is 3.76. The molecule has 0 aromatic heterocycles. The van der Waals surface area contributed by atoms with Gasteiger partial charge < -0.3 is 9.80 Å². The van der Waals surface area contributed by atoms with Crippen LogP contribution in [0.3, 0.4) is 0 Å².